The van der Waals surface area contributed by atoms with E-state index in [2.05, 4.69) is 29.9 Å². The first kappa shape index (κ1) is 17.0. The highest BCUT2D eigenvalue weighted by Crippen LogP contribution is 2.31. The Bertz CT molecular complexity index is 796. The van der Waals surface area contributed by atoms with Crippen molar-refractivity contribution in [3.8, 4) is 0 Å². The summed E-state index contributed by atoms with van der Waals surface area (Å²) < 4.78 is 0. The smallest absolute Gasteiger partial charge is 0.242 e. The summed E-state index contributed by atoms with van der Waals surface area (Å²) in [5.41, 5.74) is 1.72. The first-order valence-corrected chi connectivity index (χ1v) is 7.94. The summed E-state index contributed by atoms with van der Waals surface area (Å²) >= 11 is 23.5. The minimum Gasteiger partial charge on any atom is -0.246 e. The number of hydrogen-bond acceptors (Lipinski definition) is 7. The van der Waals surface area contributed by atoms with E-state index in [1.165, 1.54) is 4.90 Å². The molecule has 0 aliphatic heterocycles. The lowest BCUT2D eigenvalue weighted by atomic mass is 10.2. The highest BCUT2D eigenvalue weighted by atomic mass is 35.5. The lowest BCUT2D eigenvalue weighted by Gasteiger charge is -2.20. The van der Waals surface area contributed by atoms with Gasteiger partial charge >= 0.3 is 0 Å². The van der Waals surface area contributed by atoms with Crippen LogP contribution in [0.3, 0.4) is 0 Å². The molecule has 0 aliphatic carbocycles. The molecule has 0 amide bonds. The molecule has 0 unspecified atom stereocenters. The Hall–Kier alpha value is -1.80. The summed E-state index contributed by atoms with van der Waals surface area (Å²) in [6.45, 7) is 1.96. The third kappa shape index (κ3) is 3.81. The number of aryl methyl sites for hydroxylation is 1. The average molecular weight is 403 g/mol. The van der Waals surface area contributed by atoms with Crippen molar-refractivity contribution in [3.05, 3.63) is 51.0 Å². The molecule has 0 atom stereocenters. The Morgan fingerprint density at radius 3 is 1.38 bits per heavy atom. The van der Waals surface area contributed by atoms with Gasteiger partial charge in [-0.2, -0.15) is 29.9 Å². The Kier molecular flexibility index (Phi) is 4.96. The molecule has 122 valence electrons. The summed E-state index contributed by atoms with van der Waals surface area (Å²) in [6.07, 6.45) is 0. The van der Waals surface area contributed by atoms with Gasteiger partial charge in [0.05, 0.1) is 5.69 Å². The van der Waals surface area contributed by atoms with Crippen LogP contribution in [0.1, 0.15) is 5.56 Å². The summed E-state index contributed by atoms with van der Waals surface area (Å²) in [4.78, 5) is 25.2. The number of aromatic nitrogens is 6. The van der Waals surface area contributed by atoms with Gasteiger partial charge in [-0.3, -0.25) is 0 Å². The lowest BCUT2D eigenvalue weighted by Crippen LogP contribution is -2.17. The fraction of sp³-hybridized carbons (Fsp3) is 0.0769. The van der Waals surface area contributed by atoms with Crippen molar-refractivity contribution in [1.29, 1.82) is 0 Å². The van der Waals surface area contributed by atoms with E-state index in [1.54, 1.807) is 0 Å². The van der Waals surface area contributed by atoms with Crippen LogP contribution < -0.4 is 4.90 Å². The fourth-order valence-corrected chi connectivity index (χ4v) is 2.56. The van der Waals surface area contributed by atoms with Crippen LogP contribution in [0, 0.1) is 6.92 Å². The van der Waals surface area contributed by atoms with Gasteiger partial charge in [0, 0.05) is 0 Å². The Balaban J connectivity index is 2.21. The number of benzene rings is 1. The Labute approximate surface area is 156 Å². The van der Waals surface area contributed by atoms with Crippen molar-refractivity contribution in [2.24, 2.45) is 0 Å². The molecule has 3 aromatic rings. The maximum Gasteiger partial charge on any atom is 0.242 e. The molecule has 0 fully saturated rings. The second-order valence-electron chi connectivity index (χ2n) is 4.52. The average Bonchev–Trinajstić information content (AvgIpc) is 2.47. The summed E-state index contributed by atoms with van der Waals surface area (Å²) in [7, 11) is 0. The molecule has 11 heteroatoms. The first-order valence-electron chi connectivity index (χ1n) is 6.43. The maximum atomic E-state index is 5.88. The van der Waals surface area contributed by atoms with Gasteiger partial charge in [0.2, 0.25) is 33.0 Å². The number of halogens is 4. The highest BCUT2D eigenvalue weighted by Gasteiger charge is 2.21. The molecule has 0 radical (unpaired) electrons. The topological polar surface area (TPSA) is 80.6 Å². The largest absolute Gasteiger partial charge is 0.246 e. The molecule has 2 aromatic heterocycles. The molecule has 2 heterocycles. The van der Waals surface area contributed by atoms with Crippen LogP contribution in [-0.4, -0.2) is 29.9 Å². The van der Waals surface area contributed by atoms with Gasteiger partial charge in [-0.05, 0) is 65.5 Å². The summed E-state index contributed by atoms with van der Waals surface area (Å²) in [5, 5.41) is -0.302. The Morgan fingerprint density at radius 1 is 0.625 bits per heavy atom. The predicted octanol–water partition coefficient (Wildman–Crippen LogP) is 4.45. The SMILES string of the molecule is Cc1ccc(N(c2nc(Cl)nc(Cl)n2)c2nc(Cl)nc(Cl)n2)cc1. The molecule has 24 heavy (non-hydrogen) atoms. The minimum atomic E-state index is -0.0756. The number of hydrogen-bond donors (Lipinski definition) is 0. The fourth-order valence-electron chi connectivity index (χ4n) is 1.85. The van der Waals surface area contributed by atoms with Gasteiger partial charge in [-0.1, -0.05) is 17.7 Å². The lowest BCUT2D eigenvalue weighted by molar-refractivity contribution is 0.950. The quantitative estimate of drug-likeness (QED) is 0.639. The number of anilines is 3. The molecular formula is C13H7Cl4N7. The third-order valence-corrected chi connectivity index (χ3v) is 3.51. The summed E-state index contributed by atoms with van der Waals surface area (Å²) in [6, 6.07) is 7.45. The molecule has 0 saturated heterocycles. The predicted molar refractivity (Wildman–Crippen MR) is 92.7 cm³/mol. The number of nitrogens with zero attached hydrogens (tertiary/aromatic N) is 7. The van der Waals surface area contributed by atoms with Crippen molar-refractivity contribution < 1.29 is 0 Å². The molecule has 1 aromatic carbocycles. The molecule has 0 bridgehead atoms. The zero-order valence-corrected chi connectivity index (χ0v) is 15.0. The van der Waals surface area contributed by atoms with Crippen molar-refractivity contribution >= 4 is 64.0 Å². The van der Waals surface area contributed by atoms with E-state index in [-0.39, 0.29) is 33.0 Å². The van der Waals surface area contributed by atoms with Gasteiger partial charge in [0.15, 0.2) is 0 Å². The van der Waals surface area contributed by atoms with Gasteiger partial charge < -0.3 is 0 Å². The van der Waals surface area contributed by atoms with Gasteiger partial charge in [0.1, 0.15) is 0 Å². The molecule has 0 N–H and O–H groups in total. The second-order valence-corrected chi connectivity index (χ2v) is 5.87. The van der Waals surface area contributed by atoms with Crippen LogP contribution in [0.4, 0.5) is 17.6 Å². The molecule has 0 aliphatic rings. The first-order chi connectivity index (χ1) is 11.4. The van der Waals surface area contributed by atoms with Crippen molar-refractivity contribution in [2.45, 2.75) is 6.92 Å². The molecule has 7 nitrogen and oxygen atoms in total. The van der Waals surface area contributed by atoms with Crippen LogP contribution in [0.15, 0.2) is 24.3 Å². The van der Waals surface area contributed by atoms with Crippen LogP contribution >= 0.6 is 46.4 Å². The summed E-state index contributed by atoms with van der Waals surface area (Å²) in [5.74, 6) is 0.226. The van der Waals surface area contributed by atoms with E-state index >= 15 is 0 Å². The minimum absolute atomic E-state index is 0.0756. The van der Waals surface area contributed by atoms with E-state index in [0.717, 1.165) is 5.56 Å². The van der Waals surface area contributed by atoms with Crippen LogP contribution in [-0.2, 0) is 0 Å². The van der Waals surface area contributed by atoms with Crippen molar-refractivity contribution in [1.82, 2.24) is 29.9 Å². The van der Waals surface area contributed by atoms with Crippen LogP contribution in [0.5, 0.6) is 0 Å². The van der Waals surface area contributed by atoms with E-state index in [1.807, 2.05) is 31.2 Å². The van der Waals surface area contributed by atoms with Gasteiger partial charge in [-0.25, -0.2) is 4.90 Å². The molecule has 0 spiro atoms. The van der Waals surface area contributed by atoms with Gasteiger partial charge in [0.25, 0.3) is 0 Å². The van der Waals surface area contributed by atoms with Gasteiger partial charge in [-0.15, -0.1) is 0 Å². The normalized spacial score (nSPS) is 10.7. The third-order valence-electron chi connectivity index (χ3n) is 2.83. The monoisotopic (exact) mass is 401 g/mol. The molecule has 0 saturated carbocycles. The van der Waals surface area contributed by atoms with Crippen molar-refractivity contribution in [3.63, 3.8) is 0 Å². The van der Waals surface area contributed by atoms with Crippen LogP contribution in [0.2, 0.25) is 21.1 Å². The van der Waals surface area contributed by atoms with E-state index in [0.29, 0.717) is 5.69 Å². The molecular weight excluding hydrogens is 396 g/mol. The maximum absolute atomic E-state index is 5.88. The van der Waals surface area contributed by atoms with Crippen LogP contribution in [0.25, 0.3) is 0 Å². The van der Waals surface area contributed by atoms with E-state index in [4.69, 9.17) is 46.4 Å². The Morgan fingerprint density at radius 2 is 1.00 bits per heavy atom. The zero-order chi connectivity index (χ0) is 17.3. The standard InChI is InChI=1S/C13H7Cl4N7/c1-6-2-4-7(5-3-6)24(12-20-8(14)18-9(15)21-12)13-22-10(16)19-11(17)23-13/h2-5H,1H3. The highest BCUT2D eigenvalue weighted by molar-refractivity contribution is 6.31. The number of rotatable bonds is 3. The van der Waals surface area contributed by atoms with E-state index in [9.17, 15) is 0 Å². The van der Waals surface area contributed by atoms with Crippen molar-refractivity contribution in [2.75, 3.05) is 4.90 Å². The second kappa shape index (κ2) is 6.98. The molecule has 3 rings (SSSR count). The van der Waals surface area contributed by atoms with E-state index < -0.39 is 0 Å². The zero-order valence-electron chi connectivity index (χ0n) is 12.0.